The molecule has 11 nitrogen and oxygen atoms in total. The number of esters is 1. The summed E-state index contributed by atoms with van der Waals surface area (Å²) in [4.78, 5) is 52.8. The number of hydrogen-bond acceptors (Lipinski definition) is 8. The van der Waals surface area contributed by atoms with Crippen molar-refractivity contribution in [1.82, 2.24) is 35.3 Å². The highest BCUT2D eigenvalue weighted by Gasteiger charge is 2.41. The first-order chi connectivity index (χ1) is 30.8. The minimum absolute atomic E-state index is 0.0365. The van der Waals surface area contributed by atoms with Crippen molar-refractivity contribution in [3.05, 3.63) is 156 Å². The Labute approximate surface area is 369 Å². The summed E-state index contributed by atoms with van der Waals surface area (Å²) in [7, 11) is 0. The number of allylic oxidation sites excluding steroid dienone is 1. The van der Waals surface area contributed by atoms with Gasteiger partial charge in [0.25, 0.3) is 11.8 Å². The van der Waals surface area contributed by atoms with Crippen LogP contribution in [-0.2, 0) is 6.42 Å². The molecule has 8 rings (SSSR count). The summed E-state index contributed by atoms with van der Waals surface area (Å²) in [5, 5.41) is 14.8. The van der Waals surface area contributed by atoms with Crippen molar-refractivity contribution in [3.63, 3.8) is 0 Å². The lowest BCUT2D eigenvalue weighted by Crippen LogP contribution is -2.34. The Morgan fingerprint density at radius 2 is 1.24 bits per heavy atom. The number of H-pyrrole nitrogens is 2. The molecule has 3 heterocycles. The third-order valence-corrected chi connectivity index (χ3v) is 10.7. The number of ether oxygens (including phenoxy) is 1. The van der Waals surface area contributed by atoms with E-state index in [9.17, 15) is 14.4 Å². The van der Waals surface area contributed by atoms with Gasteiger partial charge in [0.1, 0.15) is 5.75 Å². The Balaban J connectivity index is 0.00000161. The SMILES string of the molecule is C=C(Cc1ccc(OC(=O)c2ccc(-c3nc(-c4ccccc4)n[nH]3)cc2)c2c1C(=O)N(CC(CC)CCCC)C2=O)c1cccc(-c2n[nH]c(-c3ccccc3)n2)c1.CC.CC. The second-order valence-electron chi connectivity index (χ2n) is 14.7. The predicted molar refractivity (Wildman–Crippen MR) is 250 cm³/mol. The van der Waals surface area contributed by atoms with E-state index in [4.69, 9.17) is 9.72 Å². The van der Waals surface area contributed by atoms with Crippen LogP contribution in [0.4, 0.5) is 0 Å². The number of hydrogen-bond donors (Lipinski definition) is 2. The predicted octanol–water partition coefficient (Wildman–Crippen LogP) is 11.9. The smallest absolute Gasteiger partial charge is 0.343 e. The first-order valence-corrected chi connectivity index (χ1v) is 21.9. The molecule has 0 aliphatic carbocycles. The summed E-state index contributed by atoms with van der Waals surface area (Å²) in [6.45, 7) is 16.9. The van der Waals surface area contributed by atoms with Gasteiger partial charge in [0.05, 0.1) is 16.7 Å². The van der Waals surface area contributed by atoms with Crippen molar-refractivity contribution in [2.75, 3.05) is 6.54 Å². The fourth-order valence-corrected chi connectivity index (χ4v) is 7.38. The van der Waals surface area contributed by atoms with Gasteiger partial charge in [-0.25, -0.2) is 14.8 Å². The van der Waals surface area contributed by atoms with Crippen LogP contribution in [0.15, 0.2) is 128 Å². The second kappa shape index (κ2) is 21.5. The summed E-state index contributed by atoms with van der Waals surface area (Å²) < 4.78 is 5.94. The van der Waals surface area contributed by atoms with Gasteiger partial charge >= 0.3 is 5.97 Å². The number of benzene rings is 5. The lowest BCUT2D eigenvalue weighted by molar-refractivity contribution is 0.0623. The van der Waals surface area contributed by atoms with Crippen LogP contribution >= 0.6 is 0 Å². The van der Waals surface area contributed by atoms with E-state index in [1.165, 1.54) is 4.90 Å². The van der Waals surface area contributed by atoms with E-state index in [-0.39, 0.29) is 41.3 Å². The Morgan fingerprint density at radius 3 is 1.86 bits per heavy atom. The zero-order valence-corrected chi connectivity index (χ0v) is 36.9. The minimum Gasteiger partial charge on any atom is -0.422 e. The zero-order valence-electron chi connectivity index (χ0n) is 36.9. The topological polar surface area (TPSA) is 147 Å². The highest BCUT2D eigenvalue weighted by atomic mass is 16.5. The maximum atomic E-state index is 14.3. The molecule has 0 saturated heterocycles. The van der Waals surface area contributed by atoms with Gasteiger partial charge in [0.2, 0.25) is 0 Å². The third-order valence-electron chi connectivity index (χ3n) is 10.7. The van der Waals surface area contributed by atoms with Crippen LogP contribution in [0.1, 0.15) is 109 Å². The number of carbonyl (C=O) groups is 3. The Morgan fingerprint density at radius 1 is 0.667 bits per heavy atom. The number of aromatic nitrogens is 6. The van der Waals surface area contributed by atoms with Gasteiger partial charge in [0.15, 0.2) is 23.3 Å². The van der Waals surface area contributed by atoms with Crippen LogP contribution in [0.3, 0.4) is 0 Å². The summed E-state index contributed by atoms with van der Waals surface area (Å²) in [6, 6.07) is 37.3. The molecule has 1 unspecified atom stereocenters. The molecule has 63 heavy (non-hydrogen) atoms. The van der Waals surface area contributed by atoms with Crippen molar-refractivity contribution >= 4 is 23.4 Å². The highest BCUT2D eigenvalue weighted by molar-refractivity contribution is 6.23. The van der Waals surface area contributed by atoms with Gasteiger partial charge in [-0.1, -0.05) is 164 Å². The van der Waals surface area contributed by atoms with Crippen molar-refractivity contribution in [3.8, 4) is 51.3 Å². The largest absolute Gasteiger partial charge is 0.422 e. The van der Waals surface area contributed by atoms with E-state index in [0.29, 0.717) is 28.9 Å². The summed E-state index contributed by atoms with van der Waals surface area (Å²) in [5.41, 5.74) is 6.12. The van der Waals surface area contributed by atoms with E-state index in [0.717, 1.165) is 59.1 Å². The fraction of sp³-hybridized carbons (Fsp3) is 0.250. The number of nitrogens with one attached hydrogen (secondary N) is 2. The second-order valence-corrected chi connectivity index (χ2v) is 14.7. The number of fused-ring (bicyclic) bond motifs is 1. The average Bonchev–Trinajstić information content (AvgIpc) is 4.10. The number of rotatable bonds is 15. The molecular weight excluding hydrogens is 787 g/mol. The Bertz CT molecular complexity index is 2650. The van der Waals surface area contributed by atoms with E-state index in [1.54, 1.807) is 36.4 Å². The first-order valence-electron chi connectivity index (χ1n) is 21.9. The molecule has 0 fully saturated rings. The van der Waals surface area contributed by atoms with Gasteiger partial charge in [0, 0.05) is 28.8 Å². The van der Waals surface area contributed by atoms with Crippen molar-refractivity contribution < 1.29 is 19.1 Å². The molecule has 1 aliphatic heterocycles. The molecule has 2 amide bonds. The molecule has 0 spiro atoms. The zero-order chi connectivity index (χ0) is 44.9. The van der Waals surface area contributed by atoms with E-state index >= 15 is 0 Å². The number of imide groups is 1. The van der Waals surface area contributed by atoms with Gasteiger partial charge in [-0.3, -0.25) is 24.7 Å². The molecule has 5 aromatic carbocycles. The third kappa shape index (κ3) is 10.3. The van der Waals surface area contributed by atoms with Gasteiger partial charge in [-0.05, 0) is 59.7 Å². The number of carbonyl (C=O) groups excluding carboxylic acids is 3. The van der Waals surface area contributed by atoms with Crippen LogP contribution in [0.2, 0.25) is 0 Å². The maximum absolute atomic E-state index is 14.3. The van der Waals surface area contributed by atoms with E-state index < -0.39 is 17.8 Å². The Kier molecular flexibility index (Phi) is 15.4. The van der Waals surface area contributed by atoms with Gasteiger partial charge < -0.3 is 4.74 Å². The van der Waals surface area contributed by atoms with Crippen LogP contribution in [0, 0.1) is 5.92 Å². The van der Waals surface area contributed by atoms with Crippen LogP contribution in [0.5, 0.6) is 5.75 Å². The van der Waals surface area contributed by atoms with Crippen molar-refractivity contribution in [1.29, 1.82) is 0 Å². The van der Waals surface area contributed by atoms with Crippen molar-refractivity contribution in [2.45, 2.75) is 73.6 Å². The molecule has 0 bridgehead atoms. The molecule has 1 aliphatic rings. The number of unbranched alkanes of at least 4 members (excludes halogenated alkanes) is 1. The summed E-state index contributed by atoms with van der Waals surface area (Å²) in [6.07, 6.45) is 4.02. The fourth-order valence-electron chi connectivity index (χ4n) is 7.38. The molecule has 2 N–H and O–H groups in total. The normalized spacial score (nSPS) is 12.1. The number of nitrogens with zero attached hydrogens (tertiary/aromatic N) is 5. The molecule has 2 aromatic heterocycles. The number of amides is 2. The van der Waals surface area contributed by atoms with Gasteiger partial charge in [-0.15, -0.1) is 0 Å². The quantitative estimate of drug-likeness (QED) is 0.0589. The Hall–Kier alpha value is -7.27. The first kappa shape index (κ1) is 45.3. The highest BCUT2D eigenvalue weighted by Crippen LogP contribution is 2.37. The lowest BCUT2D eigenvalue weighted by atomic mass is 9.93. The van der Waals surface area contributed by atoms with Crippen LogP contribution in [-0.4, -0.2) is 59.6 Å². The molecule has 7 aromatic rings. The molecular formula is C52H55N7O4. The molecule has 11 heteroatoms. The monoisotopic (exact) mass is 841 g/mol. The molecule has 322 valence electrons. The molecule has 0 radical (unpaired) electrons. The summed E-state index contributed by atoms with van der Waals surface area (Å²) >= 11 is 0. The molecule has 1 atom stereocenters. The lowest BCUT2D eigenvalue weighted by Gasteiger charge is -2.21. The minimum atomic E-state index is -0.661. The number of aromatic amines is 2. The van der Waals surface area contributed by atoms with Gasteiger partial charge in [-0.2, -0.15) is 10.2 Å². The molecule has 0 saturated carbocycles. The average molecular weight is 842 g/mol. The van der Waals surface area contributed by atoms with E-state index in [1.807, 2.05) is 113 Å². The van der Waals surface area contributed by atoms with Crippen molar-refractivity contribution in [2.24, 2.45) is 5.92 Å². The van der Waals surface area contributed by atoms with E-state index in [2.05, 4.69) is 45.8 Å². The standard InChI is InChI=1S/C48H43N7O4.2C2H6/c1-4-6-14-31(5-2)29-55-46(56)40-37(27-30(3)36-19-13-20-38(28-36)45-50-43(52-54-45)33-17-11-8-12-18-33)25-26-39(41(40)47(55)57)59-48(58)35-23-21-34(22-24-35)44-49-42(51-53-44)32-15-9-7-10-16-32;2*1-2/h7-13,15-26,28,31H,3-6,14,27,29H2,1-2H3,(H,49,51,53)(H,50,52,54);2*1-2H3. The maximum Gasteiger partial charge on any atom is 0.343 e. The van der Waals surface area contributed by atoms with Crippen LogP contribution < -0.4 is 4.74 Å². The van der Waals surface area contributed by atoms with Crippen LogP contribution in [0.25, 0.3) is 51.1 Å². The summed E-state index contributed by atoms with van der Waals surface area (Å²) in [5.74, 6) is 0.977.